The van der Waals surface area contributed by atoms with E-state index in [2.05, 4.69) is 0 Å². The molecule has 2 unspecified atom stereocenters. The van der Waals surface area contributed by atoms with Gasteiger partial charge in [0.05, 0.1) is 25.7 Å². The van der Waals surface area contributed by atoms with Crippen LogP contribution < -0.4 is 14.2 Å². The summed E-state index contributed by atoms with van der Waals surface area (Å²) in [7, 11) is 0.0808. The number of ether oxygens (including phenoxy) is 3. The normalized spacial score (nSPS) is 18.7. The summed E-state index contributed by atoms with van der Waals surface area (Å²) in [6.45, 7) is 0.838. The van der Waals surface area contributed by atoms with Crippen LogP contribution in [0.3, 0.4) is 0 Å². The Balaban J connectivity index is 1.69. The Kier molecular flexibility index (Phi) is 8.05. The quantitative estimate of drug-likeness (QED) is 0.572. The van der Waals surface area contributed by atoms with Crippen LogP contribution >= 0.6 is 11.6 Å². The van der Waals surface area contributed by atoms with Crippen molar-refractivity contribution in [1.29, 1.82) is 0 Å². The van der Waals surface area contributed by atoms with E-state index in [4.69, 9.17) is 25.8 Å². The fraction of sp³-hybridized carbons (Fsp3) is 0.455. The van der Waals surface area contributed by atoms with Gasteiger partial charge < -0.3 is 19.3 Å². The van der Waals surface area contributed by atoms with Crippen molar-refractivity contribution >= 4 is 21.4 Å². The Morgan fingerprint density at radius 2 is 1.84 bits per heavy atom. The van der Waals surface area contributed by atoms with Crippen LogP contribution in [0.5, 0.6) is 17.2 Å². The van der Waals surface area contributed by atoms with Gasteiger partial charge in [-0.25, -0.2) is 8.42 Å². The summed E-state index contributed by atoms with van der Waals surface area (Å²) in [6.07, 6.45) is -0.250. The zero-order valence-electron chi connectivity index (χ0n) is 17.7. The second kappa shape index (κ2) is 10.5. The SMILES string of the molecule is COc1ccc(CN(CC(O)COc2ccc(Cl)cc2)C2CCS(=O)(=O)C2)cc1OC. The Hall–Kier alpha value is -2.00. The van der Waals surface area contributed by atoms with Crippen molar-refractivity contribution in [2.45, 2.75) is 25.1 Å². The van der Waals surface area contributed by atoms with E-state index in [0.717, 1.165) is 5.56 Å². The fourth-order valence-corrected chi connectivity index (χ4v) is 5.55. The second-order valence-corrected chi connectivity index (χ2v) is 10.3. The van der Waals surface area contributed by atoms with Gasteiger partial charge in [0, 0.05) is 24.2 Å². The molecule has 0 aromatic heterocycles. The third-order valence-corrected chi connectivity index (χ3v) is 7.26. The molecule has 0 saturated carbocycles. The maximum atomic E-state index is 12.0. The van der Waals surface area contributed by atoms with Gasteiger partial charge in [-0.3, -0.25) is 4.90 Å². The summed E-state index contributed by atoms with van der Waals surface area (Å²) in [4.78, 5) is 2.00. The summed E-state index contributed by atoms with van der Waals surface area (Å²) in [5.74, 6) is 2.09. The molecule has 2 aromatic carbocycles. The van der Waals surface area contributed by atoms with Crippen LogP contribution in [0.4, 0.5) is 0 Å². The molecule has 2 atom stereocenters. The maximum absolute atomic E-state index is 12.0. The minimum Gasteiger partial charge on any atom is -0.493 e. The number of rotatable bonds is 10. The summed E-state index contributed by atoms with van der Waals surface area (Å²) in [5.41, 5.74) is 0.938. The molecule has 0 aliphatic carbocycles. The molecule has 1 fully saturated rings. The number of sulfone groups is 1. The van der Waals surface area contributed by atoms with Gasteiger partial charge in [0.1, 0.15) is 18.5 Å². The first-order valence-corrected chi connectivity index (χ1v) is 12.2. The van der Waals surface area contributed by atoms with Crippen LogP contribution in [0.15, 0.2) is 42.5 Å². The molecule has 9 heteroatoms. The molecule has 1 heterocycles. The monoisotopic (exact) mass is 469 g/mol. The molecule has 1 N–H and O–H groups in total. The van der Waals surface area contributed by atoms with Crippen molar-refractivity contribution in [3.05, 3.63) is 53.1 Å². The van der Waals surface area contributed by atoms with E-state index in [-0.39, 0.29) is 30.7 Å². The molecule has 170 valence electrons. The van der Waals surface area contributed by atoms with Crippen LogP contribution in [0, 0.1) is 0 Å². The highest BCUT2D eigenvalue weighted by atomic mass is 35.5. The first-order chi connectivity index (χ1) is 14.8. The Bertz CT molecular complexity index is 966. The topological polar surface area (TPSA) is 85.3 Å². The van der Waals surface area contributed by atoms with Gasteiger partial charge in [-0.05, 0) is 48.4 Å². The number of aliphatic hydroxyl groups is 1. The first-order valence-electron chi connectivity index (χ1n) is 10.0. The molecule has 31 heavy (non-hydrogen) atoms. The number of hydrogen-bond acceptors (Lipinski definition) is 7. The van der Waals surface area contributed by atoms with E-state index in [1.807, 2.05) is 23.1 Å². The number of methoxy groups -OCH3 is 2. The largest absolute Gasteiger partial charge is 0.493 e. The fourth-order valence-electron chi connectivity index (χ4n) is 3.67. The molecule has 0 amide bonds. The average Bonchev–Trinajstić information content (AvgIpc) is 3.12. The number of hydrogen-bond donors (Lipinski definition) is 1. The third kappa shape index (κ3) is 6.74. The second-order valence-electron chi connectivity index (χ2n) is 7.59. The van der Waals surface area contributed by atoms with Crippen LogP contribution in [0.25, 0.3) is 0 Å². The number of nitrogens with zero attached hydrogens (tertiary/aromatic N) is 1. The highest BCUT2D eigenvalue weighted by molar-refractivity contribution is 7.91. The van der Waals surface area contributed by atoms with Crippen molar-refractivity contribution in [2.75, 3.05) is 38.9 Å². The molecule has 3 rings (SSSR count). The van der Waals surface area contributed by atoms with Crippen LogP contribution in [-0.2, 0) is 16.4 Å². The molecule has 0 spiro atoms. The van der Waals surface area contributed by atoms with E-state index >= 15 is 0 Å². The van der Waals surface area contributed by atoms with Crippen LogP contribution in [0.1, 0.15) is 12.0 Å². The van der Waals surface area contributed by atoms with Crippen molar-refractivity contribution in [2.24, 2.45) is 0 Å². The molecule has 1 aliphatic heterocycles. The number of benzene rings is 2. The smallest absolute Gasteiger partial charge is 0.161 e. The zero-order chi connectivity index (χ0) is 22.4. The van der Waals surface area contributed by atoms with Crippen molar-refractivity contribution in [3.8, 4) is 17.2 Å². The summed E-state index contributed by atoms with van der Waals surface area (Å²) >= 11 is 5.88. The molecular weight excluding hydrogens is 442 g/mol. The first kappa shape index (κ1) is 23.7. The minimum absolute atomic E-state index is 0.0868. The van der Waals surface area contributed by atoms with Gasteiger partial charge in [0.25, 0.3) is 0 Å². The lowest BCUT2D eigenvalue weighted by atomic mass is 10.1. The predicted molar refractivity (Wildman–Crippen MR) is 120 cm³/mol. The molecule has 1 saturated heterocycles. The Labute approximate surface area is 188 Å². The Morgan fingerprint density at radius 1 is 1.13 bits per heavy atom. The van der Waals surface area contributed by atoms with E-state index in [1.165, 1.54) is 0 Å². The summed E-state index contributed by atoms with van der Waals surface area (Å²) in [5, 5.41) is 11.2. The molecule has 0 radical (unpaired) electrons. The molecule has 2 aromatic rings. The van der Waals surface area contributed by atoms with E-state index in [1.54, 1.807) is 38.5 Å². The van der Waals surface area contributed by atoms with Crippen LogP contribution in [-0.4, -0.2) is 69.4 Å². The lowest BCUT2D eigenvalue weighted by Gasteiger charge is -2.30. The lowest BCUT2D eigenvalue weighted by Crippen LogP contribution is -2.42. The molecule has 1 aliphatic rings. The van der Waals surface area contributed by atoms with E-state index < -0.39 is 15.9 Å². The van der Waals surface area contributed by atoms with Crippen molar-refractivity contribution < 1.29 is 27.7 Å². The highest BCUT2D eigenvalue weighted by Gasteiger charge is 2.33. The average molecular weight is 470 g/mol. The number of aliphatic hydroxyl groups excluding tert-OH is 1. The van der Waals surface area contributed by atoms with Gasteiger partial charge in [0.2, 0.25) is 0 Å². The van der Waals surface area contributed by atoms with Crippen molar-refractivity contribution in [3.63, 3.8) is 0 Å². The standard InChI is InChI=1S/C22H28ClNO6S/c1-28-21-8-3-16(11-22(21)29-2)12-24(18-9-10-31(26,27)15-18)13-19(25)14-30-20-6-4-17(23)5-7-20/h3-8,11,18-19,25H,9-10,12-15H2,1-2H3. The minimum atomic E-state index is -3.06. The van der Waals surface area contributed by atoms with Gasteiger partial charge in [0.15, 0.2) is 21.3 Å². The molecule has 7 nitrogen and oxygen atoms in total. The Morgan fingerprint density at radius 3 is 2.45 bits per heavy atom. The van der Waals surface area contributed by atoms with Gasteiger partial charge >= 0.3 is 0 Å². The number of halogens is 1. The molecular formula is C22H28ClNO6S. The van der Waals surface area contributed by atoms with E-state index in [0.29, 0.717) is 35.2 Å². The predicted octanol–water partition coefficient (Wildman–Crippen LogP) is 2.79. The van der Waals surface area contributed by atoms with Gasteiger partial charge in [-0.15, -0.1) is 0 Å². The molecule has 0 bridgehead atoms. The third-order valence-electron chi connectivity index (χ3n) is 5.26. The van der Waals surface area contributed by atoms with Crippen LogP contribution in [0.2, 0.25) is 5.02 Å². The van der Waals surface area contributed by atoms with E-state index in [9.17, 15) is 13.5 Å². The van der Waals surface area contributed by atoms with Gasteiger partial charge in [-0.2, -0.15) is 0 Å². The highest BCUT2D eigenvalue weighted by Crippen LogP contribution is 2.29. The lowest BCUT2D eigenvalue weighted by molar-refractivity contribution is 0.0524. The zero-order valence-corrected chi connectivity index (χ0v) is 19.2. The van der Waals surface area contributed by atoms with Crippen molar-refractivity contribution in [1.82, 2.24) is 4.90 Å². The van der Waals surface area contributed by atoms with Gasteiger partial charge in [-0.1, -0.05) is 17.7 Å². The summed E-state index contributed by atoms with van der Waals surface area (Å²) < 4.78 is 40.4. The summed E-state index contributed by atoms with van der Waals surface area (Å²) in [6, 6.07) is 12.3. The maximum Gasteiger partial charge on any atom is 0.161 e.